The van der Waals surface area contributed by atoms with Gasteiger partial charge in [-0.1, -0.05) is 37.2 Å². The van der Waals surface area contributed by atoms with Crippen LogP contribution in [0.2, 0.25) is 0 Å². The molecule has 4 rings (SSSR count). The van der Waals surface area contributed by atoms with Crippen molar-refractivity contribution in [3.8, 4) is 11.5 Å². The lowest BCUT2D eigenvalue weighted by atomic mass is 10.2. The Morgan fingerprint density at radius 2 is 1.94 bits per heavy atom. The van der Waals surface area contributed by atoms with Gasteiger partial charge in [0.2, 0.25) is 0 Å². The first-order valence-electron chi connectivity index (χ1n) is 10.7. The van der Waals surface area contributed by atoms with Crippen molar-refractivity contribution in [2.75, 3.05) is 36.4 Å². The molecule has 2 amide bonds. The zero-order chi connectivity index (χ0) is 21.8. The van der Waals surface area contributed by atoms with Gasteiger partial charge in [-0.15, -0.1) is 0 Å². The van der Waals surface area contributed by atoms with Crippen LogP contribution in [0.4, 0.5) is 16.3 Å². The molecule has 1 fully saturated rings. The number of carbonyl (C=O) groups is 1. The van der Waals surface area contributed by atoms with Gasteiger partial charge in [-0.25, -0.2) is 9.78 Å². The van der Waals surface area contributed by atoms with Crippen molar-refractivity contribution in [1.29, 1.82) is 0 Å². The first kappa shape index (κ1) is 20.8. The van der Waals surface area contributed by atoms with Gasteiger partial charge in [-0.05, 0) is 37.1 Å². The molecule has 1 aliphatic heterocycles. The van der Waals surface area contributed by atoms with Crippen molar-refractivity contribution in [2.45, 2.75) is 33.1 Å². The second-order valence-electron chi connectivity index (χ2n) is 8.06. The molecule has 1 aromatic carbocycles. The summed E-state index contributed by atoms with van der Waals surface area (Å²) in [5, 5.41) is 7.12. The van der Waals surface area contributed by atoms with Crippen molar-refractivity contribution in [3.63, 3.8) is 0 Å². The molecule has 0 bridgehead atoms. The number of pyridine rings is 1. The summed E-state index contributed by atoms with van der Waals surface area (Å²) in [6, 6.07) is 11.6. The monoisotopic (exact) mass is 420 g/mol. The van der Waals surface area contributed by atoms with Crippen molar-refractivity contribution in [3.05, 3.63) is 54.0 Å². The van der Waals surface area contributed by atoms with Gasteiger partial charge >= 0.3 is 6.03 Å². The molecule has 3 heterocycles. The zero-order valence-electron chi connectivity index (χ0n) is 18.2. The van der Waals surface area contributed by atoms with E-state index in [1.165, 1.54) is 0 Å². The van der Waals surface area contributed by atoms with E-state index in [4.69, 9.17) is 4.52 Å². The molecular weight excluding hydrogens is 392 g/mol. The topological polar surface area (TPSA) is 87.4 Å². The number of aryl methyl sites for hydroxylation is 1. The van der Waals surface area contributed by atoms with E-state index in [-0.39, 0.29) is 11.9 Å². The summed E-state index contributed by atoms with van der Waals surface area (Å²) >= 11 is 0. The minimum absolute atomic E-state index is 0.0733. The average Bonchev–Trinajstić information content (AvgIpc) is 3.14. The van der Waals surface area contributed by atoms with Crippen LogP contribution in [0.25, 0.3) is 11.5 Å². The molecule has 8 nitrogen and oxygen atoms in total. The second-order valence-corrected chi connectivity index (χ2v) is 8.06. The normalized spacial score (nSPS) is 14.6. The predicted molar refractivity (Wildman–Crippen MR) is 120 cm³/mol. The number of rotatable bonds is 4. The maximum atomic E-state index is 12.8. The first-order chi connectivity index (χ1) is 15.0. The lowest BCUT2D eigenvalue weighted by Crippen LogP contribution is -2.38. The molecule has 0 atom stereocenters. The van der Waals surface area contributed by atoms with Crippen LogP contribution in [0, 0.1) is 6.92 Å². The molecule has 8 heteroatoms. The van der Waals surface area contributed by atoms with Crippen LogP contribution in [0.15, 0.2) is 47.1 Å². The number of hydrogen-bond donors (Lipinski definition) is 1. The summed E-state index contributed by atoms with van der Waals surface area (Å²) < 4.78 is 5.51. The summed E-state index contributed by atoms with van der Waals surface area (Å²) in [5.41, 5.74) is 2.71. The first-order valence-corrected chi connectivity index (χ1v) is 10.7. The van der Waals surface area contributed by atoms with E-state index in [0.29, 0.717) is 31.3 Å². The minimum atomic E-state index is -0.0733. The number of carbonyl (C=O) groups excluding carboxylic acids is 1. The highest BCUT2D eigenvalue weighted by molar-refractivity contribution is 5.90. The van der Waals surface area contributed by atoms with E-state index >= 15 is 0 Å². The molecule has 0 radical (unpaired) electrons. The number of nitrogens with zero attached hydrogens (tertiary/aromatic N) is 5. The fourth-order valence-electron chi connectivity index (χ4n) is 3.63. The fourth-order valence-corrected chi connectivity index (χ4v) is 3.63. The standard InChI is InChI=1S/C23H28N6O2/c1-16(2)20-26-22(31-27-20)18-9-6-11-24-21(18)28-12-7-13-29(15-14-28)23(30)25-19-10-5-4-8-17(19)3/h4-6,8-11,16H,7,12-15H2,1-3H3,(H,25,30). The lowest BCUT2D eigenvalue weighted by molar-refractivity contribution is 0.215. The number of para-hydroxylation sites is 1. The SMILES string of the molecule is Cc1ccccc1NC(=O)N1CCCN(c2ncccc2-c2nc(C(C)C)no2)CC1. The van der Waals surface area contributed by atoms with E-state index in [9.17, 15) is 4.79 Å². The summed E-state index contributed by atoms with van der Waals surface area (Å²) in [6.07, 6.45) is 2.62. The van der Waals surface area contributed by atoms with Crippen LogP contribution in [0.1, 0.15) is 37.6 Å². The van der Waals surface area contributed by atoms with Crippen LogP contribution < -0.4 is 10.2 Å². The molecule has 31 heavy (non-hydrogen) atoms. The van der Waals surface area contributed by atoms with E-state index in [2.05, 4.69) is 25.3 Å². The molecule has 0 spiro atoms. The maximum absolute atomic E-state index is 12.8. The van der Waals surface area contributed by atoms with E-state index in [1.807, 2.05) is 62.1 Å². The average molecular weight is 421 g/mol. The number of anilines is 2. The number of benzene rings is 1. The highest BCUT2D eigenvalue weighted by Gasteiger charge is 2.24. The largest absolute Gasteiger partial charge is 0.354 e. The van der Waals surface area contributed by atoms with E-state index in [1.54, 1.807) is 6.20 Å². The second kappa shape index (κ2) is 9.16. The minimum Gasteiger partial charge on any atom is -0.354 e. The van der Waals surface area contributed by atoms with Crippen molar-refractivity contribution in [2.24, 2.45) is 0 Å². The Bertz CT molecular complexity index is 1050. The zero-order valence-corrected chi connectivity index (χ0v) is 18.2. The third-order valence-electron chi connectivity index (χ3n) is 5.44. The number of nitrogens with one attached hydrogen (secondary N) is 1. The van der Waals surface area contributed by atoms with Gasteiger partial charge in [0.25, 0.3) is 5.89 Å². The Hall–Kier alpha value is -3.42. The highest BCUT2D eigenvalue weighted by atomic mass is 16.5. The van der Waals surface area contributed by atoms with Gasteiger partial charge in [0.1, 0.15) is 5.82 Å². The Kier molecular flexibility index (Phi) is 6.16. The molecule has 1 saturated heterocycles. The van der Waals surface area contributed by atoms with Crippen LogP contribution in [-0.4, -0.2) is 52.2 Å². The Morgan fingerprint density at radius 1 is 1.10 bits per heavy atom. The fraction of sp³-hybridized carbons (Fsp3) is 0.391. The summed E-state index contributed by atoms with van der Waals surface area (Å²) in [6.45, 7) is 8.82. The molecule has 162 valence electrons. The third-order valence-corrected chi connectivity index (χ3v) is 5.44. The van der Waals surface area contributed by atoms with E-state index < -0.39 is 0 Å². The predicted octanol–water partition coefficient (Wildman–Crippen LogP) is 4.31. The number of urea groups is 1. The van der Waals surface area contributed by atoms with Crippen molar-refractivity contribution in [1.82, 2.24) is 20.0 Å². The number of amides is 2. The summed E-state index contributed by atoms with van der Waals surface area (Å²) in [4.78, 5) is 26.0. The van der Waals surface area contributed by atoms with Crippen LogP contribution in [-0.2, 0) is 0 Å². The van der Waals surface area contributed by atoms with Crippen LogP contribution in [0.3, 0.4) is 0 Å². The number of hydrogen-bond acceptors (Lipinski definition) is 6. The quantitative estimate of drug-likeness (QED) is 0.677. The van der Waals surface area contributed by atoms with Crippen molar-refractivity contribution < 1.29 is 9.32 Å². The molecule has 0 aliphatic carbocycles. The van der Waals surface area contributed by atoms with Crippen LogP contribution >= 0.6 is 0 Å². The molecular formula is C23H28N6O2. The third kappa shape index (κ3) is 4.68. The molecule has 1 aliphatic rings. The smallest absolute Gasteiger partial charge is 0.321 e. The van der Waals surface area contributed by atoms with Gasteiger partial charge < -0.3 is 19.6 Å². The van der Waals surface area contributed by atoms with Crippen LogP contribution in [0.5, 0.6) is 0 Å². The molecule has 3 aromatic rings. The van der Waals surface area contributed by atoms with Gasteiger partial charge in [0.05, 0.1) is 5.56 Å². The highest BCUT2D eigenvalue weighted by Crippen LogP contribution is 2.29. The molecule has 1 N–H and O–H groups in total. The maximum Gasteiger partial charge on any atom is 0.321 e. The molecule has 0 saturated carbocycles. The van der Waals surface area contributed by atoms with Gasteiger partial charge in [0, 0.05) is 44.0 Å². The van der Waals surface area contributed by atoms with Crippen molar-refractivity contribution >= 4 is 17.5 Å². The van der Waals surface area contributed by atoms with E-state index in [0.717, 1.165) is 35.6 Å². The Morgan fingerprint density at radius 3 is 2.71 bits per heavy atom. The van der Waals surface area contributed by atoms with Gasteiger partial charge in [-0.2, -0.15) is 4.98 Å². The van der Waals surface area contributed by atoms with Gasteiger partial charge in [-0.3, -0.25) is 0 Å². The Labute approximate surface area is 182 Å². The summed E-state index contributed by atoms with van der Waals surface area (Å²) in [7, 11) is 0. The van der Waals surface area contributed by atoms with Gasteiger partial charge in [0.15, 0.2) is 5.82 Å². The lowest BCUT2D eigenvalue weighted by Gasteiger charge is -2.24. The summed E-state index contributed by atoms with van der Waals surface area (Å²) in [5.74, 6) is 2.16. The molecule has 0 unspecified atom stereocenters. The Balaban J connectivity index is 1.48. The molecule has 2 aromatic heterocycles. The number of aromatic nitrogens is 3.